The Labute approximate surface area is 81.7 Å². The molecule has 66 valence electrons. The molecule has 4 nitrogen and oxygen atoms in total. The molecule has 0 aliphatic rings. The van der Waals surface area contributed by atoms with Gasteiger partial charge in [-0.1, -0.05) is 31.9 Å². The molecule has 0 saturated carbocycles. The van der Waals surface area contributed by atoms with Crippen LogP contribution in [0.25, 0.3) is 0 Å². The van der Waals surface area contributed by atoms with Crippen molar-refractivity contribution in [3.63, 3.8) is 0 Å². The molecule has 1 atom stereocenters. The second-order valence-electron chi connectivity index (χ2n) is 2.54. The molecule has 0 saturated heterocycles. The van der Waals surface area contributed by atoms with E-state index in [-0.39, 0.29) is 4.83 Å². The molecule has 0 aliphatic heterocycles. The topological polar surface area (TPSA) is 52.4 Å². The Morgan fingerprint density at radius 1 is 1.73 bits per heavy atom. The predicted octanol–water partition coefficient (Wildman–Crippen LogP) is 2.13. The van der Waals surface area contributed by atoms with Crippen LogP contribution in [0.3, 0.4) is 0 Å². The lowest BCUT2D eigenvalue weighted by Crippen LogP contribution is -2.38. The fraction of sp³-hybridized carbons (Fsp3) is 1.00. The maximum atomic E-state index is 9.98. The normalized spacial score (nSPS) is 14.2. The SMILES string of the molecule is CC(C)(O[N+](=O)[O-])C(Br)CBr. The Bertz CT molecular complexity index is 151. The third-order valence-corrected chi connectivity index (χ3v) is 4.14. The van der Waals surface area contributed by atoms with Crippen LogP contribution in [0.4, 0.5) is 0 Å². The van der Waals surface area contributed by atoms with Crippen molar-refractivity contribution in [3.8, 4) is 0 Å². The standard InChI is InChI=1S/C5H9Br2NO3/c1-5(2,4(7)3-6)11-8(9)10/h4H,3H2,1-2H3. The van der Waals surface area contributed by atoms with Gasteiger partial charge in [-0.3, -0.25) is 0 Å². The molecular formula is C5H9Br2NO3. The number of rotatable bonds is 4. The van der Waals surface area contributed by atoms with Gasteiger partial charge in [0.2, 0.25) is 0 Å². The van der Waals surface area contributed by atoms with Gasteiger partial charge in [-0.2, -0.15) is 0 Å². The molecule has 0 fully saturated rings. The summed E-state index contributed by atoms with van der Waals surface area (Å²) in [4.78, 5) is 14.3. The number of nitrogens with zero attached hydrogens (tertiary/aromatic N) is 1. The van der Waals surface area contributed by atoms with E-state index in [9.17, 15) is 10.1 Å². The van der Waals surface area contributed by atoms with E-state index >= 15 is 0 Å². The molecule has 0 N–H and O–H groups in total. The molecule has 0 heterocycles. The van der Waals surface area contributed by atoms with E-state index in [1.54, 1.807) is 13.8 Å². The van der Waals surface area contributed by atoms with Crippen molar-refractivity contribution in [2.45, 2.75) is 24.3 Å². The van der Waals surface area contributed by atoms with Crippen LogP contribution < -0.4 is 0 Å². The Morgan fingerprint density at radius 2 is 2.18 bits per heavy atom. The molecule has 0 radical (unpaired) electrons. The zero-order chi connectivity index (χ0) is 9.07. The molecule has 0 aromatic carbocycles. The van der Waals surface area contributed by atoms with Crippen LogP contribution in [0.2, 0.25) is 0 Å². The summed E-state index contributed by atoms with van der Waals surface area (Å²) in [5, 5.41) is 9.81. The van der Waals surface area contributed by atoms with E-state index in [4.69, 9.17) is 0 Å². The molecule has 0 rings (SSSR count). The van der Waals surface area contributed by atoms with Gasteiger partial charge in [0.1, 0.15) is 5.60 Å². The first kappa shape index (κ1) is 11.2. The largest absolute Gasteiger partial charge is 0.307 e. The van der Waals surface area contributed by atoms with Crippen LogP contribution in [0, 0.1) is 10.1 Å². The van der Waals surface area contributed by atoms with E-state index in [1.807, 2.05) is 0 Å². The van der Waals surface area contributed by atoms with E-state index < -0.39 is 10.7 Å². The molecule has 0 aliphatic carbocycles. The molecule has 11 heavy (non-hydrogen) atoms. The third kappa shape index (κ3) is 3.91. The van der Waals surface area contributed by atoms with Crippen molar-refractivity contribution in [1.82, 2.24) is 0 Å². The maximum absolute atomic E-state index is 9.98. The molecule has 0 amide bonds. The summed E-state index contributed by atoms with van der Waals surface area (Å²) in [5.41, 5.74) is -0.799. The van der Waals surface area contributed by atoms with Crippen molar-refractivity contribution < 1.29 is 9.92 Å². The van der Waals surface area contributed by atoms with Crippen LogP contribution in [0.5, 0.6) is 0 Å². The number of hydrogen-bond acceptors (Lipinski definition) is 3. The minimum Gasteiger partial charge on any atom is -0.307 e. The fourth-order valence-corrected chi connectivity index (χ4v) is 1.30. The highest BCUT2D eigenvalue weighted by Crippen LogP contribution is 2.23. The van der Waals surface area contributed by atoms with Gasteiger partial charge in [-0.05, 0) is 13.8 Å². The van der Waals surface area contributed by atoms with Crippen LogP contribution in [-0.4, -0.2) is 20.8 Å². The number of alkyl halides is 2. The van der Waals surface area contributed by atoms with E-state index in [0.29, 0.717) is 5.33 Å². The fourth-order valence-electron chi connectivity index (χ4n) is 0.435. The molecular weight excluding hydrogens is 282 g/mol. The lowest BCUT2D eigenvalue weighted by atomic mass is 10.1. The van der Waals surface area contributed by atoms with Crippen molar-refractivity contribution in [3.05, 3.63) is 10.1 Å². The molecule has 0 aromatic rings. The summed E-state index contributed by atoms with van der Waals surface area (Å²) in [6, 6.07) is 0. The predicted molar refractivity (Wildman–Crippen MR) is 48.7 cm³/mol. The first-order chi connectivity index (χ1) is 4.90. The van der Waals surface area contributed by atoms with Gasteiger partial charge in [0, 0.05) is 5.33 Å². The first-order valence-corrected chi connectivity index (χ1v) is 4.97. The lowest BCUT2D eigenvalue weighted by Gasteiger charge is -2.25. The molecule has 1 unspecified atom stereocenters. The van der Waals surface area contributed by atoms with E-state index in [0.717, 1.165) is 0 Å². The third-order valence-electron chi connectivity index (χ3n) is 1.20. The van der Waals surface area contributed by atoms with Crippen LogP contribution in [0.15, 0.2) is 0 Å². The van der Waals surface area contributed by atoms with Gasteiger partial charge in [-0.15, -0.1) is 10.1 Å². The summed E-state index contributed by atoms with van der Waals surface area (Å²) in [6.45, 7) is 3.30. The van der Waals surface area contributed by atoms with Crippen molar-refractivity contribution in [2.75, 3.05) is 5.33 Å². The zero-order valence-electron chi connectivity index (χ0n) is 6.21. The van der Waals surface area contributed by atoms with Crippen LogP contribution in [0.1, 0.15) is 13.8 Å². The highest BCUT2D eigenvalue weighted by Gasteiger charge is 2.30. The van der Waals surface area contributed by atoms with Gasteiger partial charge in [0.15, 0.2) is 0 Å². The lowest BCUT2D eigenvalue weighted by molar-refractivity contribution is -0.778. The second-order valence-corrected chi connectivity index (χ2v) is 4.29. The van der Waals surface area contributed by atoms with Gasteiger partial charge in [0.05, 0.1) is 4.83 Å². The maximum Gasteiger partial charge on any atom is 0.295 e. The molecule has 0 spiro atoms. The summed E-state index contributed by atoms with van der Waals surface area (Å²) in [5.74, 6) is 0. The monoisotopic (exact) mass is 289 g/mol. The van der Waals surface area contributed by atoms with Gasteiger partial charge < -0.3 is 4.84 Å². The van der Waals surface area contributed by atoms with E-state index in [1.165, 1.54) is 0 Å². The summed E-state index contributed by atoms with van der Waals surface area (Å²) in [7, 11) is 0. The quantitative estimate of drug-likeness (QED) is 0.453. The Balaban J connectivity index is 4.08. The molecule has 6 heteroatoms. The minimum absolute atomic E-state index is 0.0830. The minimum atomic E-state index is -0.799. The van der Waals surface area contributed by atoms with Crippen molar-refractivity contribution in [1.29, 1.82) is 0 Å². The smallest absolute Gasteiger partial charge is 0.295 e. The van der Waals surface area contributed by atoms with Gasteiger partial charge in [-0.25, -0.2) is 0 Å². The van der Waals surface area contributed by atoms with Crippen molar-refractivity contribution >= 4 is 31.9 Å². The highest BCUT2D eigenvalue weighted by molar-refractivity contribution is 9.12. The Hall–Kier alpha value is 0.160. The first-order valence-electron chi connectivity index (χ1n) is 2.93. The Morgan fingerprint density at radius 3 is 2.45 bits per heavy atom. The summed E-state index contributed by atoms with van der Waals surface area (Å²) >= 11 is 6.44. The van der Waals surface area contributed by atoms with Crippen molar-refractivity contribution in [2.24, 2.45) is 0 Å². The second kappa shape index (κ2) is 4.25. The summed E-state index contributed by atoms with van der Waals surface area (Å²) in [6.07, 6.45) is 0. The zero-order valence-corrected chi connectivity index (χ0v) is 9.38. The number of hydrogen-bond donors (Lipinski definition) is 0. The molecule has 0 aromatic heterocycles. The number of halogens is 2. The highest BCUT2D eigenvalue weighted by atomic mass is 79.9. The Kier molecular flexibility index (Phi) is 4.31. The van der Waals surface area contributed by atoms with Crippen LogP contribution >= 0.6 is 31.9 Å². The van der Waals surface area contributed by atoms with Gasteiger partial charge in [0.25, 0.3) is 5.09 Å². The average Bonchev–Trinajstić information content (AvgIpc) is 1.83. The average molecular weight is 291 g/mol. The summed E-state index contributed by atoms with van der Waals surface area (Å²) < 4.78 is 0. The van der Waals surface area contributed by atoms with Gasteiger partial charge >= 0.3 is 0 Å². The molecule has 0 bridgehead atoms. The van der Waals surface area contributed by atoms with E-state index in [2.05, 4.69) is 36.7 Å². The van der Waals surface area contributed by atoms with Crippen LogP contribution in [-0.2, 0) is 4.84 Å².